The number of ether oxygens (including phenoxy) is 1. The zero-order chi connectivity index (χ0) is 20.1. The van der Waals surface area contributed by atoms with Gasteiger partial charge in [-0.2, -0.15) is 0 Å². The van der Waals surface area contributed by atoms with E-state index in [9.17, 15) is 4.39 Å². The Morgan fingerprint density at radius 1 is 0.966 bits per heavy atom. The summed E-state index contributed by atoms with van der Waals surface area (Å²) in [6.45, 7) is 4.87. The molecule has 0 amide bonds. The molecule has 0 aliphatic carbocycles. The molecular formula is C23H24ClFN2OS. The first-order valence-electron chi connectivity index (χ1n) is 9.86. The van der Waals surface area contributed by atoms with E-state index in [0.29, 0.717) is 5.02 Å². The van der Waals surface area contributed by atoms with Crippen LogP contribution in [-0.2, 0) is 0 Å². The number of piperazine rings is 1. The zero-order valence-electron chi connectivity index (χ0n) is 16.1. The first kappa shape index (κ1) is 20.2. The molecule has 6 heteroatoms. The monoisotopic (exact) mass is 430 g/mol. The van der Waals surface area contributed by atoms with Crippen molar-refractivity contribution in [3.05, 3.63) is 81.8 Å². The van der Waals surface area contributed by atoms with Gasteiger partial charge in [0.25, 0.3) is 0 Å². The molecule has 4 rings (SSSR count). The Kier molecular flexibility index (Phi) is 6.70. The lowest BCUT2D eigenvalue weighted by atomic mass is 10.1. The van der Waals surface area contributed by atoms with Crippen molar-refractivity contribution in [2.24, 2.45) is 0 Å². The summed E-state index contributed by atoms with van der Waals surface area (Å²) in [5.41, 5.74) is 1.09. The summed E-state index contributed by atoms with van der Waals surface area (Å²) in [5.74, 6) is 0.654. The molecule has 3 aromatic rings. The zero-order valence-corrected chi connectivity index (χ0v) is 17.7. The third-order valence-electron chi connectivity index (χ3n) is 5.22. The predicted octanol–water partition coefficient (Wildman–Crippen LogP) is 5.87. The molecule has 29 heavy (non-hydrogen) atoms. The molecule has 152 valence electrons. The maximum absolute atomic E-state index is 13.1. The van der Waals surface area contributed by atoms with Crippen LogP contribution in [0, 0.1) is 5.82 Å². The van der Waals surface area contributed by atoms with Gasteiger partial charge in [-0.3, -0.25) is 4.90 Å². The number of thiophene rings is 1. The van der Waals surface area contributed by atoms with Crippen molar-refractivity contribution >= 4 is 28.6 Å². The minimum atomic E-state index is -0.187. The molecule has 3 nitrogen and oxygen atoms in total. The Morgan fingerprint density at radius 2 is 1.69 bits per heavy atom. The number of nitrogens with zero attached hydrogens (tertiary/aromatic N) is 2. The summed E-state index contributed by atoms with van der Waals surface area (Å²) in [4.78, 5) is 6.04. The van der Waals surface area contributed by atoms with Gasteiger partial charge in [-0.25, -0.2) is 4.39 Å². The average molecular weight is 431 g/mol. The highest BCUT2D eigenvalue weighted by Gasteiger charge is 2.20. The summed E-state index contributed by atoms with van der Waals surface area (Å²) in [5, 5.41) is 2.80. The normalized spacial score (nSPS) is 16.0. The first-order chi connectivity index (χ1) is 14.2. The van der Waals surface area contributed by atoms with Crippen LogP contribution in [0.5, 0.6) is 5.75 Å². The van der Waals surface area contributed by atoms with Crippen molar-refractivity contribution in [3.8, 4) is 5.75 Å². The Bertz CT molecular complexity index is 878. The first-order valence-corrected chi connectivity index (χ1v) is 11.1. The molecule has 0 bridgehead atoms. The largest absolute Gasteiger partial charge is 0.485 e. The van der Waals surface area contributed by atoms with E-state index in [1.807, 2.05) is 36.4 Å². The molecule has 1 saturated heterocycles. The van der Waals surface area contributed by atoms with E-state index in [2.05, 4.69) is 27.3 Å². The lowest BCUT2D eigenvalue weighted by molar-refractivity contribution is 0.163. The fourth-order valence-corrected chi connectivity index (χ4v) is 4.51. The van der Waals surface area contributed by atoms with Crippen molar-refractivity contribution in [1.29, 1.82) is 0 Å². The highest BCUT2D eigenvalue weighted by atomic mass is 35.5. The number of hydrogen-bond acceptors (Lipinski definition) is 4. The molecule has 2 heterocycles. The lowest BCUT2D eigenvalue weighted by Gasteiger charge is -2.36. The fraction of sp³-hybridized carbons (Fsp3) is 0.304. The molecule has 1 aliphatic heterocycles. The van der Waals surface area contributed by atoms with Crippen LogP contribution in [-0.4, -0.2) is 37.6 Å². The average Bonchev–Trinajstić information content (AvgIpc) is 3.28. The SMILES string of the molecule is Fc1ccc(N2CCN(CCC(Oc3ccc(Cl)cc3)c3cccs3)CC2)cc1. The Hall–Kier alpha value is -2.08. The number of halogens is 2. The third-order valence-corrected chi connectivity index (χ3v) is 6.44. The summed E-state index contributed by atoms with van der Waals surface area (Å²) < 4.78 is 19.4. The van der Waals surface area contributed by atoms with Crippen LogP contribution in [0.15, 0.2) is 66.0 Å². The summed E-state index contributed by atoms with van der Waals surface area (Å²) >= 11 is 7.72. The second-order valence-electron chi connectivity index (χ2n) is 7.17. The molecule has 1 unspecified atom stereocenters. The van der Waals surface area contributed by atoms with Crippen LogP contribution < -0.4 is 9.64 Å². The second kappa shape index (κ2) is 9.61. The van der Waals surface area contributed by atoms with Crippen molar-refractivity contribution < 1.29 is 9.13 Å². The highest BCUT2D eigenvalue weighted by Crippen LogP contribution is 2.29. The van der Waals surface area contributed by atoms with Crippen LogP contribution in [0.4, 0.5) is 10.1 Å². The minimum absolute atomic E-state index is 0.0336. The maximum atomic E-state index is 13.1. The topological polar surface area (TPSA) is 15.7 Å². The van der Waals surface area contributed by atoms with Crippen LogP contribution in [0.1, 0.15) is 17.4 Å². The smallest absolute Gasteiger partial charge is 0.134 e. The Labute approximate surface area is 180 Å². The van der Waals surface area contributed by atoms with Crippen molar-refractivity contribution in [1.82, 2.24) is 4.90 Å². The quantitative estimate of drug-likeness (QED) is 0.466. The van der Waals surface area contributed by atoms with Crippen LogP contribution in [0.3, 0.4) is 0 Å². The summed E-state index contributed by atoms with van der Waals surface area (Å²) in [7, 11) is 0. The second-order valence-corrected chi connectivity index (χ2v) is 8.59. The third kappa shape index (κ3) is 5.50. The molecule has 1 aromatic heterocycles. The lowest BCUT2D eigenvalue weighted by Crippen LogP contribution is -2.46. The molecule has 0 saturated carbocycles. The van der Waals surface area contributed by atoms with Crippen molar-refractivity contribution in [2.45, 2.75) is 12.5 Å². The number of anilines is 1. The molecule has 1 atom stereocenters. The molecule has 1 aliphatic rings. The van der Waals surface area contributed by atoms with Gasteiger partial charge in [-0.1, -0.05) is 17.7 Å². The van der Waals surface area contributed by atoms with E-state index in [0.717, 1.165) is 50.6 Å². The number of hydrogen-bond donors (Lipinski definition) is 0. The summed E-state index contributed by atoms with van der Waals surface area (Å²) in [6, 6.07) is 18.5. The number of benzene rings is 2. The van der Waals surface area contributed by atoms with Crippen LogP contribution >= 0.6 is 22.9 Å². The summed E-state index contributed by atoms with van der Waals surface area (Å²) in [6.07, 6.45) is 0.964. The Morgan fingerprint density at radius 3 is 2.34 bits per heavy atom. The van der Waals surface area contributed by atoms with Gasteiger partial charge in [-0.15, -0.1) is 11.3 Å². The van der Waals surface area contributed by atoms with E-state index in [4.69, 9.17) is 16.3 Å². The van der Waals surface area contributed by atoms with Gasteiger partial charge >= 0.3 is 0 Å². The highest BCUT2D eigenvalue weighted by molar-refractivity contribution is 7.10. The molecule has 1 fully saturated rings. The minimum Gasteiger partial charge on any atom is -0.485 e. The van der Waals surface area contributed by atoms with E-state index in [1.165, 1.54) is 17.0 Å². The van der Waals surface area contributed by atoms with Gasteiger partial charge in [0, 0.05) is 54.7 Å². The molecule has 2 aromatic carbocycles. The molecular weight excluding hydrogens is 407 g/mol. The predicted molar refractivity (Wildman–Crippen MR) is 119 cm³/mol. The van der Waals surface area contributed by atoms with Crippen molar-refractivity contribution in [3.63, 3.8) is 0 Å². The van der Waals surface area contributed by atoms with Crippen molar-refractivity contribution in [2.75, 3.05) is 37.6 Å². The van der Waals surface area contributed by atoms with E-state index >= 15 is 0 Å². The van der Waals surface area contributed by atoms with Gasteiger partial charge < -0.3 is 9.64 Å². The van der Waals surface area contributed by atoms with Gasteiger partial charge in [0.15, 0.2) is 0 Å². The molecule has 0 spiro atoms. The van der Waals surface area contributed by atoms with E-state index in [1.54, 1.807) is 11.3 Å². The van der Waals surface area contributed by atoms with Gasteiger partial charge in [0.05, 0.1) is 0 Å². The van der Waals surface area contributed by atoms with E-state index in [-0.39, 0.29) is 11.9 Å². The van der Waals surface area contributed by atoms with Crippen LogP contribution in [0.25, 0.3) is 0 Å². The molecule has 0 radical (unpaired) electrons. The standard InChI is InChI=1S/C23H24ClFN2OS/c24-18-3-9-21(10-4-18)28-22(23-2-1-17-29-23)11-12-26-13-15-27(16-14-26)20-7-5-19(25)6-8-20/h1-10,17,22H,11-16H2. The Balaban J connectivity index is 1.32. The van der Waals surface area contributed by atoms with Crippen LogP contribution in [0.2, 0.25) is 5.02 Å². The van der Waals surface area contributed by atoms with Gasteiger partial charge in [0.1, 0.15) is 17.7 Å². The fourth-order valence-electron chi connectivity index (χ4n) is 3.59. The maximum Gasteiger partial charge on any atom is 0.134 e. The van der Waals surface area contributed by atoms with Gasteiger partial charge in [0.2, 0.25) is 0 Å². The number of rotatable bonds is 7. The van der Waals surface area contributed by atoms with E-state index < -0.39 is 0 Å². The van der Waals surface area contributed by atoms with Gasteiger partial charge in [-0.05, 0) is 60.0 Å². The molecule has 0 N–H and O–H groups in total.